The highest BCUT2D eigenvalue weighted by molar-refractivity contribution is 8.03. The maximum atomic E-state index is 11.0. The van der Waals surface area contributed by atoms with Crippen LogP contribution in [0.25, 0.3) is 0 Å². The second-order valence-corrected chi connectivity index (χ2v) is 4.33. The second-order valence-electron chi connectivity index (χ2n) is 3.48. The number of likely N-dealkylation sites (N-methyl/N-ethyl adjacent to an activating group) is 2. The van der Waals surface area contributed by atoms with E-state index >= 15 is 0 Å². The van der Waals surface area contributed by atoms with Crippen molar-refractivity contribution in [1.82, 2.24) is 9.80 Å². The SMILES string of the molecule is C.CN1C(=O)C=CC1=O.CS.CSC1=CC(=O)N(C)C1=O. The summed E-state index contributed by atoms with van der Waals surface area (Å²) in [4.78, 5) is 45.2. The van der Waals surface area contributed by atoms with Gasteiger partial charge in [0.1, 0.15) is 0 Å². The molecule has 2 rings (SSSR count). The predicted octanol–water partition coefficient (Wildman–Crippen LogP) is 0.955. The fourth-order valence-electron chi connectivity index (χ4n) is 1.16. The standard InChI is InChI=1S/C6H7NO2S.C5H5NO2.CH4S.CH4/c1-7-5(8)3-4(10-2)6(7)9;1-6-4(7)2-3-5(6)8;1-2;/h3H,1-2H3;2-3H,1H3;2H,1H3;1H4. The van der Waals surface area contributed by atoms with Crippen LogP contribution < -0.4 is 0 Å². The number of nitrogens with zero attached hydrogens (tertiary/aromatic N) is 2. The van der Waals surface area contributed by atoms with Crippen molar-refractivity contribution in [1.29, 1.82) is 0 Å². The molecule has 2 heterocycles. The molecule has 0 spiro atoms. The van der Waals surface area contributed by atoms with Crippen LogP contribution in [0, 0.1) is 0 Å². The summed E-state index contributed by atoms with van der Waals surface area (Å²) < 4.78 is 0. The molecular formula is C13H20N2O4S2. The maximum absolute atomic E-state index is 11.0. The first-order valence-corrected chi connectivity index (χ1v) is 7.52. The molecule has 0 bridgehead atoms. The van der Waals surface area contributed by atoms with Crippen molar-refractivity contribution in [2.24, 2.45) is 0 Å². The quantitative estimate of drug-likeness (QED) is 0.572. The van der Waals surface area contributed by atoms with Gasteiger partial charge in [0, 0.05) is 32.3 Å². The number of hydrogen-bond acceptors (Lipinski definition) is 6. The molecule has 8 heteroatoms. The van der Waals surface area contributed by atoms with Gasteiger partial charge in [0.25, 0.3) is 23.6 Å². The normalized spacial score (nSPS) is 16.0. The Hall–Kier alpha value is -1.54. The van der Waals surface area contributed by atoms with E-state index in [0.717, 1.165) is 9.80 Å². The summed E-state index contributed by atoms with van der Waals surface area (Å²) in [6.45, 7) is 0. The third-order valence-corrected chi connectivity index (χ3v) is 3.08. The lowest BCUT2D eigenvalue weighted by molar-refractivity contribution is -0.136. The van der Waals surface area contributed by atoms with Crippen LogP contribution in [0.3, 0.4) is 0 Å². The Kier molecular flexibility index (Phi) is 10.6. The van der Waals surface area contributed by atoms with E-state index in [9.17, 15) is 19.2 Å². The molecule has 0 aromatic rings. The largest absolute Gasteiger partial charge is 0.279 e. The van der Waals surface area contributed by atoms with Gasteiger partial charge < -0.3 is 0 Å². The molecule has 0 fully saturated rings. The van der Waals surface area contributed by atoms with Gasteiger partial charge in [-0.3, -0.25) is 29.0 Å². The van der Waals surface area contributed by atoms with Gasteiger partial charge in [-0.25, -0.2) is 0 Å². The van der Waals surface area contributed by atoms with Gasteiger partial charge >= 0.3 is 0 Å². The van der Waals surface area contributed by atoms with Gasteiger partial charge in [0.05, 0.1) is 4.91 Å². The summed E-state index contributed by atoms with van der Waals surface area (Å²) in [6, 6.07) is 0. The van der Waals surface area contributed by atoms with Gasteiger partial charge in [-0.2, -0.15) is 12.6 Å². The van der Waals surface area contributed by atoms with E-state index in [1.165, 1.54) is 44.1 Å². The number of amides is 4. The molecule has 0 saturated carbocycles. The minimum absolute atomic E-state index is 0. The average molecular weight is 332 g/mol. The molecule has 4 amide bonds. The van der Waals surface area contributed by atoms with E-state index in [4.69, 9.17) is 0 Å². The smallest absolute Gasteiger partial charge is 0.267 e. The highest BCUT2D eigenvalue weighted by Gasteiger charge is 2.26. The molecule has 0 aromatic carbocycles. The van der Waals surface area contributed by atoms with Gasteiger partial charge in [-0.1, -0.05) is 7.43 Å². The van der Waals surface area contributed by atoms with E-state index in [2.05, 4.69) is 12.6 Å². The highest BCUT2D eigenvalue weighted by atomic mass is 32.2. The molecule has 118 valence electrons. The molecule has 0 N–H and O–H groups in total. The van der Waals surface area contributed by atoms with Crippen molar-refractivity contribution in [2.75, 3.05) is 26.6 Å². The number of thiol groups is 1. The number of thioether (sulfide) groups is 1. The number of hydrogen-bond donors (Lipinski definition) is 1. The van der Waals surface area contributed by atoms with E-state index in [1.54, 1.807) is 12.5 Å². The topological polar surface area (TPSA) is 74.8 Å². The molecule has 2 aliphatic rings. The van der Waals surface area contributed by atoms with Crippen LogP contribution in [0.4, 0.5) is 0 Å². The Balaban J connectivity index is 0. The summed E-state index contributed by atoms with van der Waals surface area (Å²) in [7, 11) is 2.93. The van der Waals surface area contributed by atoms with Crippen LogP contribution in [0.2, 0.25) is 0 Å². The number of rotatable bonds is 1. The van der Waals surface area contributed by atoms with Crippen molar-refractivity contribution in [2.45, 2.75) is 7.43 Å². The third-order valence-electron chi connectivity index (χ3n) is 2.35. The Morgan fingerprint density at radius 2 is 1.33 bits per heavy atom. The average Bonchev–Trinajstić information content (AvgIpc) is 2.89. The van der Waals surface area contributed by atoms with Crippen LogP contribution >= 0.6 is 24.4 Å². The molecule has 0 atom stereocenters. The molecule has 2 aliphatic heterocycles. The lowest BCUT2D eigenvalue weighted by Crippen LogP contribution is -2.25. The first-order chi connectivity index (χ1) is 9.38. The molecule has 0 aliphatic carbocycles. The van der Waals surface area contributed by atoms with Crippen molar-refractivity contribution < 1.29 is 19.2 Å². The van der Waals surface area contributed by atoms with E-state index < -0.39 is 0 Å². The lowest BCUT2D eigenvalue weighted by atomic mass is 10.5. The van der Waals surface area contributed by atoms with Crippen molar-refractivity contribution in [3.05, 3.63) is 23.1 Å². The molecule has 6 nitrogen and oxygen atoms in total. The van der Waals surface area contributed by atoms with Crippen LogP contribution in [-0.4, -0.2) is 60.0 Å². The van der Waals surface area contributed by atoms with Crippen molar-refractivity contribution >= 4 is 48.0 Å². The summed E-state index contributed by atoms with van der Waals surface area (Å²) >= 11 is 4.82. The van der Waals surface area contributed by atoms with Gasteiger partial charge in [0.2, 0.25) is 0 Å². The maximum Gasteiger partial charge on any atom is 0.267 e. The van der Waals surface area contributed by atoms with Crippen molar-refractivity contribution in [3.8, 4) is 0 Å². The second kappa shape index (κ2) is 10.2. The summed E-state index contributed by atoms with van der Waals surface area (Å²) in [5, 5.41) is 0. The minimum Gasteiger partial charge on any atom is -0.279 e. The van der Waals surface area contributed by atoms with Crippen LogP contribution in [0.15, 0.2) is 23.1 Å². The zero-order valence-corrected chi connectivity index (χ0v) is 13.3. The fraction of sp³-hybridized carbons (Fsp3) is 0.385. The Bertz CT molecular complexity index is 469. The van der Waals surface area contributed by atoms with E-state index in [-0.39, 0.29) is 31.1 Å². The number of carbonyl (C=O) groups excluding carboxylic acids is 4. The molecular weight excluding hydrogens is 312 g/mol. The number of imide groups is 2. The highest BCUT2D eigenvalue weighted by Crippen LogP contribution is 2.19. The molecule has 0 unspecified atom stereocenters. The van der Waals surface area contributed by atoms with Crippen molar-refractivity contribution in [3.63, 3.8) is 0 Å². The van der Waals surface area contributed by atoms with Crippen LogP contribution in [-0.2, 0) is 19.2 Å². The summed E-state index contributed by atoms with van der Waals surface area (Å²) in [5.74, 6) is -0.906. The fourth-order valence-corrected chi connectivity index (χ4v) is 1.69. The summed E-state index contributed by atoms with van der Waals surface area (Å²) in [5.41, 5.74) is 0. The van der Waals surface area contributed by atoms with Gasteiger partial charge in [-0.15, -0.1) is 11.8 Å². The van der Waals surface area contributed by atoms with Crippen LogP contribution in [0.5, 0.6) is 0 Å². The zero-order chi connectivity index (χ0) is 15.9. The molecule has 21 heavy (non-hydrogen) atoms. The van der Waals surface area contributed by atoms with E-state index in [0.29, 0.717) is 4.91 Å². The Morgan fingerprint density at radius 1 is 0.905 bits per heavy atom. The summed E-state index contributed by atoms with van der Waals surface area (Å²) in [6.07, 6.45) is 7.33. The van der Waals surface area contributed by atoms with Crippen LogP contribution in [0.1, 0.15) is 7.43 Å². The zero-order valence-electron chi connectivity index (χ0n) is 11.6. The van der Waals surface area contributed by atoms with Gasteiger partial charge in [-0.05, 0) is 12.5 Å². The predicted molar refractivity (Wildman–Crippen MR) is 87.9 cm³/mol. The lowest BCUT2D eigenvalue weighted by Gasteiger charge is -2.04. The third kappa shape index (κ3) is 5.76. The monoisotopic (exact) mass is 332 g/mol. The molecule has 0 aromatic heterocycles. The minimum atomic E-state index is -0.241. The number of carbonyl (C=O) groups is 4. The van der Waals surface area contributed by atoms with E-state index in [1.807, 2.05) is 0 Å². The first kappa shape index (κ1) is 21.8. The first-order valence-electron chi connectivity index (χ1n) is 5.40. The Morgan fingerprint density at radius 3 is 1.48 bits per heavy atom. The molecule has 0 saturated heterocycles. The Labute approximate surface area is 134 Å². The molecule has 0 radical (unpaired) electrons. The van der Waals surface area contributed by atoms with Gasteiger partial charge in [0.15, 0.2) is 0 Å².